The number of aliphatic hydroxyl groups excluding tert-OH is 2. The highest BCUT2D eigenvalue weighted by atomic mass is 16.5. The molecule has 1 fully saturated rings. The first-order chi connectivity index (χ1) is 14.9. The third-order valence-corrected chi connectivity index (χ3v) is 5.45. The van der Waals surface area contributed by atoms with Gasteiger partial charge in [0.15, 0.2) is 0 Å². The summed E-state index contributed by atoms with van der Waals surface area (Å²) in [5.41, 5.74) is 0.725. The van der Waals surface area contributed by atoms with Crippen LogP contribution in [0.5, 0.6) is 0 Å². The first-order valence-corrected chi connectivity index (χ1v) is 10.8. The SMILES string of the molecule is CO[C@H]1CN(C(C)=O)CCCN(C(=O)Cc2ccccn2)CCCCOC[C@H](O)[C@@H]1O. The van der Waals surface area contributed by atoms with E-state index in [0.29, 0.717) is 32.7 Å². The molecular weight excluding hydrogens is 402 g/mol. The van der Waals surface area contributed by atoms with Crippen LogP contribution in [0.15, 0.2) is 24.4 Å². The first-order valence-electron chi connectivity index (χ1n) is 10.8. The summed E-state index contributed by atoms with van der Waals surface area (Å²) in [6, 6.07) is 5.51. The minimum atomic E-state index is -1.17. The largest absolute Gasteiger partial charge is 0.388 e. The van der Waals surface area contributed by atoms with E-state index in [1.165, 1.54) is 14.0 Å². The van der Waals surface area contributed by atoms with Gasteiger partial charge in [0.2, 0.25) is 11.8 Å². The quantitative estimate of drug-likeness (QED) is 0.696. The molecule has 0 aliphatic carbocycles. The molecule has 2 N–H and O–H groups in total. The summed E-state index contributed by atoms with van der Waals surface area (Å²) < 4.78 is 10.8. The molecule has 2 heterocycles. The molecule has 31 heavy (non-hydrogen) atoms. The standard InChI is InChI=1S/C22H35N3O6/c1-17(26)25-12-7-11-24(21(28)14-18-8-3-4-9-23-18)10-5-6-13-31-16-19(27)22(29)20(15-25)30-2/h3-4,8-9,19-20,22,27,29H,5-7,10-16H2,1-2H3/t19-,20-,22-/m0/s1. The minimum absolute atomic E-state index is 0.000998. The average molecular weight is 438 g/mol. The zero-order valence-corrected chi connectivity index (χ0v) is 18.5. The Morgan fingerprint density at radius 3 is 2.58 bits per heavy atom. The molecule has 1 aliphatic rings. The molecule has 9 heteroatoms. The van der Waals surface area contributed by atoms with Gasteiger partial charge in [-0.2, -0.15) is 0 Å². The van der Waals surface area contributed by atoms with Crippen LogP contribution in [0, 0.1) is 0 Å². The lowest BCUT2D eigenvalue weighted by Crippen LogP contribution is -2.48. The number of amides is 2. The zero-order valence-electron chi connectivity index (χ0n) is 18.5. The molecule has 0 spiro atoms. The molecule has 174 valence electrons. The van der Waals surface area contributed by atoms with E-state index in [0.717, 1.165) is 18.5 Å². The molecule has 2 amide bonds. The van der Waals surface area contributed by atoms with Crippen molar-refractivity contribution in [2.75, 3.05) is 46.5 Å². The maximum Gasteiger partial charge on any atom is 0.228 e. The maximum absolute atomic E-state index is 12.9. The molecule has 0 bridgehead atoms. The van der Waals surface area contributed by atoms with Gasteiger partial charge in [0.1, 0.15) is 18.3 Å². The third-order valence-electron chi connectivity index (χ3n) is 5.45. The number of hydrogen-bond acceptors (Lipinski definition) is 7. The number of ether oxygens (including phenoxy) is 2. The van der Waals surface area contributed by atoms with E-state index in [2.05, 4.69) is 4.98 Å². The van der Waals surface area contributed by atoms with Gasteiger partial charge in [-0.05, 0) is 31.4 Å². The smallest absolute Gasteiger partial charge is 0.228 e. The highest BCUT2D eigenvalue weighted by Crippen LogP contribution is 2.11. The monoisotopic (exact) mass is 437 g/mol. The molecule has 1 aliphatic heterocycles. The zero-order chi connectivity index (χ0) is 22.6. The number of carbonyl (C=O) groups is 2. The van der Waals surface area contributed by atoms with Crippen molar-refractivity contribution in [2.24, 2.45) is 0 Å². The van der Waals surface area contributed by atoms with Gasteiger partial charge in [0, 0.05) is 58.7 Å². The van der Waals surface area contributed by atoms with Crippen LogP contribution in [0.25, 0.3) is 0 Å². The highest BCUT2D eigenvalue weighted by Gasteiger charge is 2.29. The van der Waals surface area contributed by atoms with Crippen LogP contribution in [0.1, 0.15) is 31.9 Å². The van der Waals surface area contributed by atoms with Crippen molar-refractivity contribution in [1.82, 2.24) is 14.8 Å². The number of nitrogens with zero attached hydrogens (tertiary/aromatic N) is 3. The third kappa shape index (κ3) is 8.53. The van der Waals surface area contributed by atoms with Gasteiger partial charge < -0.3 is 29.5 Å². The predicted molar refractivity (Wildman–Crippen MR) is 114 cm³/mol. The van der Waals surface area contributed by atoms with Crippen molar-refractivity contribution in [3.8, 4) is 0 Å². The van der Waals surface area contributed by atoms with Gasteiger partial charge in [-0.25, -0.2) is 0 Å². The summed E-state index contributed by atoms with van der Waals surface area (Å²) in [6.07, 6.45) is 0.957. The van der Waals surface area contributed by atoms with E-state index in [9.17, 15) is 19.8 Å². The number of aromatic nitrogens is 1. The normalized spacial score (nSPS) is 24.8. The van der Waals surface area contributed by atoms with E-state index in [4.69, 9.17) is 9.47 Å². The molecule has 9 nitrogen and oxygen atoms in total. The Labute approximate surface area is 184 Å². The van der Waals surface area contributed by atoms with Crippen LogP contribution in [0.4, 0.5) is 0 Å². The lowest BCUT2D eigenvalue weighted by atomic mass is 10.1. The summed E-state index contributed by atoms with van der Waals surface area (Å²) >= 11 is 0. The average Bonchev–Trinajstić information content (AvgIpc) is 2.76. The second-order valence-corrected chi connectivity index (χ2v) is 7.81. The van der Waals surface area contributed by atoms with E-state index in [-0.39, 0.29) is 31.4 Å². The first kappa shape index (κ1) is 25.2. The van der Waals surface area contributed by atoms with Gasteiger partial charge in [-0.1, -0.05) is 6.07 Å². The Hall–Kier alpha value is -2.07. The summed E-state index contributed by atoms with van der Waals surface area (Å²) in [7, 11) is 1.44. The van der Waals surface area contributed by atoms with E-state index >= 15 is 0 Å². The van der Waals surface area contributed by atoms with E-state index in [1.54, 1.807) is 11.1 Å². The molecule has 0 aromatic carbocycles. The number of carbonyl (C=O) groups excluding carboxylic acids is 2. The lowest BCUT2D eigenvalue weighted by molar-refractivity contribution is -0.136. The Bertz CT molecular complexity index is 674. The Balaban J connectivity index is 2.06. The van der Waals surface area contributed by atoms with Gasteiger partial charge in [0.05, 0.1) is 13.0 Å². The van der Waals surface area contributed by atoms with Gasteiger partial charge in [-0.3, -0.25) is 14.6 Å². The Morgan fingerprint density at radius 1 is 1.16 bits per heavy atom. The molecule has 2 rings (SSSR count). The number of hydrogen-bond donors (Lipinski definition) is 2. The molecule has 0 saturated carbocycles. The fraction of sp³-hybridized carbons (Fsp3) is 0.682. The molecule has 0 radical (unpaired) electrons. The number of aliphatic hydroxyl groups is 2. The molecule has 1 aromatic heterocycles. The van der Waals surface area contributed by atoms with Crippen molar-refractivity contribution in [3.05, 3.63) is 30.1 Å². The minimum Gasteiger partial charge on any atom is -0.388 e. The fourth-order valence-electron chi connectivity index (χ4n) is 3.56. The number of methoxy groups -OCH3 is 1. The summed E-state index contributed by atoms with van der Waals surface area (Å²) in [5.74, 6) is -0.158. The van der Waals surface area contributed by atoms with Gasteiger partial charge >= 0.3 is 0 Å². The highest BCUT2D eigenvalue weighted by molar-refractivity contribution is 5.78. The Kier molecular flexibility index (Phi) is 10.9. The van der Waals surface area contributed by atoms with Crippen LogP contribution in [-0.4, -0.2) is 102 Å². The number of rotatable bonds is 3. The second-order valence-electron chi connectivity index (χ2n) is 7.81. The number of pyridine rings is 1. The predicted octanol–water partition coefficient (Wildman–Crippen LogP) is 0.239. The maximum atomic E-state index is 12.9. The molecule has 1 aromatic rings. The van der Waals surface area contributed by atoms with E-state index in [1.807, 2.05) is 23.1 Å². The topological polar surface area (TPSA) is 112 Å². The van der Waals surface area contributed by atoms with Gasteiger partial charge in [0.25, 0.3) is 0 Å². The lowest BCUT2D eigenvalue weighted by Gasteiger charge is -2.31. The summed E-state index contributed by atoms with van der Waals surface area (Å²) in [6.45, 7) is 3.51. The van der Waals surface area contributed by atoms with Crippen molar-refractivity contribution in [2.45, 2.75) is 50.9 Å². The Morgan fingerprint density at radius 2 is 1.90 bits per heavy atom. The van der Waals surface area contributed by atoms with Crippen molar-refractivity contribution >= 4 is 11.8 Å². The van der Waals surface area contributed by atoms with Crippen LogP contribution in [-0.2, 0) is 25.5 Å². The van der Waals surface area contributed by atoms with Crippen molar-refractivity contribution < 1.29 is 29.3 Å². The molecule has 3 atom stereocenters. The van der Waals surface area contributed by atoms with Crippen LogP contribution >= 0.6 is 0 Å². The van der Waals surface area contributed by atoms with Crippen LogP contribution in [0.3, 0.4) is 0 Å². The van der Waals surface area contributed by atoms with Crippen LogP contribution < -0.4 is 0 Å². The molecule has 0 unspecified atom stereocenters. The molecular formula is C22H35N3O6. The molecule has 1 saturated heterocycles. The fourth-order valence-corrected chi connectivity index (χ4v) is 3.56. The second kappa shape index (κ2) is 13.4. The van der Waals surface area contributed by atoms with Crippen molar-refractivity contribution in [1.29, 1.82) is 0 Å². The van der Waals surface area contributed by atoms with Crippen molar-refractivity contribution in [3.63, 3.8) is 0 Å². The van der Waals surface area contributed by atoms with E-state index < -0.39 is 18.3 Å². The van der Waals surface area contributed by atoms with Crippen LogP contribution in [0.2, 0.25) is 0 Å². The van der Waals surface area contributed by atoms with Gasteiger partial charge in [-0.15, -0.1) is 0 Å². The summed E-state index contributed by atoms with van der Waals surface area (Å²) in [5, 5.41) is 20.6. The summed E-state index contributed by atoms with van der Waals surface area (Å²) in [4.78, 5) is 32.6.